The number of benzene rings is 1. The Morgan fingerprint density at radius 1 is 1.48 bits per heavy atom. The summed E-state index contributed by atoms with van der Waals surface area (Å²) in [5, 5.41) is 11.0. The van der Waals surface area contributed by atoms with E-state index in [0.717, 1.165) is 0 Å². The Hall–Kier alpha value is -3.01. The SMILES string of the molecule is COc1ccc(N(CC(=O)NCC#N)Cc2ccco2)cc1F. The minimum absolute atomic E-state index is 0.0336. The second-order valence-electron chi connectivity index (χ2n) is 4.69. The maximum atomic E-state index is 13.9. The second kappa shape index (κ2) is 7.84. The minimum Gasteiger partial charge on any atom is -0.494 e. The van der Waals surface area contributed by atoms with Crippen molar-refractivity contribution in [3.8, 4) is 11.8 Å². The zero-order valence-electron chi connectivity index (χ0n) is 12.6. The Kier molecular flexibility index (Phi) is 5.58. The summed E-state index contributed by atoms with van der Waals surface area (Å²) < 4.78 is 24.1. The molecule has 1 aromatic carbocycles. The van der Waals surface area contributed by atoms with Gasteiger partial charge in [0.1, 0.15) is 12.3 Å². The fraction of sp³-hybridized carbons (Fsp3) is 0.250. The van der Waals surface area contributed by atoms with E-state index >= 15 is 0 Å². The highest BCUT2D eigenvalue weighted by Crippen LogP contribution is 2.24. The van der Waals surface area contributed by atoms with E-state index in [-0.39, 0.29) is 24.7 Å². The van der Waals surface area contributed by atoms with Gasteiger partial charge in [0.2, 0.25) is 5.91 Å². The summed E-state index contributed by atoms with van der Waals surface area (Å²) in [5.74, 6) is -0.101. The summed E-state index contributed by atoms with van der Waals surface area (Å²) in [6.45, 7) is 0.178. The van der Waals surface area contributed by atoms with Crippen molar-refractivity contribution < 1.29 is 18.3 Å². The van der Waals surface area contributed by atoms with Crippen molar-refractivity contribution in [2.75, 3.05) is 25.1 Å². The first-order valence-corrected chi connectivity index (χ1v) is 6.88. The van der Waals surface area contributed by atoms with Gasteiger partial charge in [0.25, 0.3) is 0 Å². The highest BCUT2D eigenvalue weighted by Gasteiger charge is 2.15. The molecule has 0 fully saturated rings. The van der Waals surface area contributed by atoms with Gasteiger partial charge in [0.05, 0.1) is 32.5 Å². The Morgan fingerprint density at radius 3 is 2.91 bits per heavy atom. The molecule has 0 spiro atoms. The van der Waals surface area contributed by atoms with E-state index in [1.165, 1.54) is 25.5 Å². The predicted octanol–water partition coefficient (Wildman–Crippen LogP) is 2.07. The predicted molar refractivity (Wildman–Crippen MR) is 81.3 cm³/mol. The molecule has 0 saturated carbocycles. The number of anilines is 1. The molecular weight excluding hydrogens is 301 g/mol. The van der Waals surface area contributed by atoms with Crippen molar-refractivity contribution in [1.29, 1.82) is 5.26 Å². The van der Waals surface area contributed by atoms with Crippen LogP contribution in [-0.2, 0) is 11.3 Å². The molecule has 1 aromatic heterocycles. The number of nitrogens with one attached hydrogen (secondary N) is 1. The molecule has 0 unspecified atom stereocenters. The number of carbonyl (C=O) groups is 1. The quantitative estimate of drug-likeness (QED) is 0.791. The summed E-state index contributed by atoms with van der Waals surface area (Å²) in [4.78, 5) is 13.5. The van der Waals surface area contributed by atoms with Crippen LogP contribution in [0.3, 0.4) is 0 Å². The zero-order chi connectivity index (χ0) is 16.7. The summed E-state index contributed by atoms with van der Waals surface area (Å²) in [7, 11) is 1.38. The third kappa shape index (κ3) is 4.48. The lowest BCUT2D eigenvalue weighted by Crippen LogP contribution is -2.37. The lowest BCUT2D eigenvalue weighted by Gasteiger charge is -2.23. The third-order valence-electron chi connectivity index (χ3n) is 3.13. The fourth-order valence-electron chi connectivity index (χ4n) is 2.05. The average Bonchev–Trinajstić information content (AvgIpc) is 3.05. The van der Waals surface area contributed by atoms with Crippen LogP contribution in [0.4, 0.5) is 10.1 Å². The van der Waals surface area contributed by atoms with Crippen LogP contribution in [-0.4, -0.2) is 26.1 Å². The summed E-state index contributed by atoms with van der Waals surface area (Å²) >= 11 is 0. The van der Waals surface area contributed by atoms with E-state index in [2.05, 4.69) is 5.32 Å². The van der Waals surface area contributed by atoms with Crippen molar-refractivity contribution in [2.45, 2.75) is 6.54 Å². The van der Waals surface area contributed by atoms with Crippen molar-refractivity contribution >= 4 is 11.6 Å². The van der Waals surface area contributed by atoms with Gasteiger partial charge in [0.15, 0.2) is 11.6 Å². The van der Waals surface area contributed by atoms with Crippen LogP contribution in [0.5, 0.6) is 5.75 Å². The third-order valence-corrected chi connectivity index (χ3v) is 3.13. The molecule has 120 valence electrons. The van der Waals surface area contributed by atoms with Gasteiger partial charge in [-0.3, -0.25) is 4.79 Å². The van der Waals surface area contributed by atoms with Crippen LogP contribution in [0, 0.1) is 17.1 Å². The number of carbonyl (C=O) groups excluding carboxylic acids is 1. The summed E-state index contributed by atoms with van der Waals surface area (Å²) in [6.07, 6.45) is 1.53. The lowest BCUT2D eigenvalue weighted by atomic mass is 10.2. The van der Waals surface area contributed by atoms with Gasteiger partial charge in [-0.05, 0) is 24.3 Å². The van der Waals surface area contributed by atoms with Crippen LogP contribution < -0.4 is 15.0 Å². The second-order valence-corrected chi connectivity index (χ2v) is 4.69. The molecule has 6 nitrogen and oxygen atoms in total. The van der Waals surface area contributed by atoms with E-state index < -0.39 is 5.82 Å². The fourth-order valence-corrected chi connectivity index (χ4v) is 2.05. The largest absolute Gasteiger partial charge is 0.494 e. The molecule has 0 aliphatic rings. The van der Waals surface area contributed by atoms with Gasteiger partial charge >= 0.3 is 0 Å². The van der Waals surface area contributed by atoms with Gasteiger partial charge in [-0.15, -0.1) is 0 Å². The number of rotatable bonds is 7. The molecule has 0 aliphatic carbocycles. The van der Waals surface area contributed by atoms with Crippen molar-refractivity contribution in [3.05, 3.63) is 48.2 Å². The molecule has 1 N–H and O–H groups in total. The smallest absolute Gasteiger partial charge is 0.240 e. The van der Waals surface area contributed by atoms with E-state index in [9.17, 15) is 9.18 Å². The first-order valence-electron chi connectivity index (χ1n) is 6.88. The van der Waals surface area contributed by atoms with E-state index in [1.807, 2.05) is 6.07 Å². The van der Waals surface area contributed by atoms with Gasteiger partial charge in [0, 0.05) is 11.8 Å². The van der Waals surface area contributed by atoms with Crippen LogP contribution in [0.1, 0.15) is 5.76 Å². The van der Waals surface area contributed by atoms with Gasteiger partial charge in [-0.25, -0.2) is 4.39 Å². The van der Waals surface area contributed by atoms with Crippen LogP contribution in [0.2, 0.25) is 0 Å². The number of hydrogen-bond donors (Lipinski definition) is 1. The van der Waals surface area contributed by atoms with Crippen LogP contribution >= 0.6 is 0 Å². The molecule has 0 saturated heterocycles. The first-order chi connectivity index (χ1) is 11.1. The van der Waals surface area contributed by atoms with Gasteiger partial charge in [-0.2, -0.15) is 5.26 Å². The normalized spacial score (nSPS) is 9.96. The monoisotopic (exact) mass is 317 g/mol. The summed E-state index contributed by atoms with van der Waals surface area (Å²) in [6, 6.07) is 9.77. The highest BCUT2D eigenvalue weighted by molar-refractivity contribution is 5.81. The zero-order valence-corrected chi connectivity index (χ0v) is 12.6. The lowest BCUT2D eigenvalue weighted by molar-refractivity contribution is -0.119. The standard InChI is InChI=1S/C16H16FN3O3/c1-22-15-5-4-12(9-14(15)17)20(10-13-3-2-8-23-13)11-16(21)19-7-6-18/h2-5,8-9H,7,10-11H2,1H3,(H,19,21). The first kappa shape index (κ1) is 16.4. The van der Waals surface area contributed by atoms with E-state index in [4.69, 9.17) is 14.4 Å². The Morgan fingerprint density at radius 2 is 2.30 bits per heavy atom. The molecule has 1 heterocycles. The molecule has 2 aromatic rings. The number of halogens is 1. The number of nitriles is 1. The molecule has 7 heteroatoms. The number of methoxy groups -OCH3 is 1. The topological polar surface area (TPSA) is 78.5 Å². The average molecular weight is 317 g/mol. The Bertz CT molecular complexity index is 695. The van der Waals surface area contributed by atoms with Crippen molar-refractivity contribution in [3.63, 3.8) is 0 Å². The molecule has 0 radical (unpaired) electrons. The number of furan rings is 1. The molecular formula is C16H16FN3O3. The van der Waals surface area contributed by atoms with E-state index in [0.29, 0.717) is 18.0 Å². The number of hydrogen-bond acceptors (Lipinski definition) is 5. The maximum Gasteiger partial charge on any atom is 0.240 e. The molecule has 0 bridgehead atoms. The Labute approximate surface area is 133 Å². The minimum atomic E-state index is -0.521. The van der Waals surface area contributed by atoms with Crippen molar-refractivity contribution in [2.24, 2.45) is 0 Å². The van der Waals surface area contributed by atoms with E-state index in [1.54, 1.807) is 23.1 Å². The Balaban J connectivity index is 2.20. The molecule has 0 aliphatic heterocycles. The highest BCUT2D eigenvalue weighted by atomic mass is 19.1. The number of amides is 1. The van der Waals surface area contributed by atoms with Gasteiger partial charge in [-0.1, -0.05) is 0 Å². The molecule has 0 atom stereocenters. The molecule has 23 heavy (non-hydrogen) atoms. The van der Waals surface area contributed by atoms with Crippen LogP contribution in [0.15, 0.2) is 41.0 Å². The maximum absolute atomic E-state index is 13.9. The number of nitrogens with zero attached hydrogens (tertiary/aromatic N) is 2. The van der Waals surface area contributed by atoms with Crippen molar-refractivity contribution in [1.82, 2.24) is 5.32 Å². The molecule has 2 rings (SSSR count). The summed E-state index contributed by atoms with van der Waals surface area (Å²) in [5.41, 5.74) is 0.506. The number of ether oxygens (including phenoxy) is 1. The molecule has 1 amide bonds. The van der Waals surface area contributed by atoms with Crippen LogP contribution in [0.25, 0.3) is 0 Å². The van der Waals surface area contributed by atoms with Gasteiger partial charge < -0.3 is 19.4 Å².